The zero-order chi connectivity index (χ0) is 13.7. The second-order valence-corrected chi connectivity index (χ2v) is 4.62. The first kappa shape index (κ1) is 13.7. The van der Waals surface area contributed by atoms with Crippen LogP contribution >= 0.6 is 0 Å². The number of hydrogen-bond donors (Lipinski definition) is 1. The molecule has 0 fully saturated rings. The summed E-state index contributed by atoms with van der Waals surface area (Å²) in [7, 11) is 0. The van der Waals surface area contributed by atoms with Crippen molar-refractivity contribution in [3.8, 4) is 5.75 Å². The van der Waals surface area contributed by atoms with E-state index in [1.165, 1.54) is 5.56 Å². The van der Waals surface area contributed by atoms with E-state index in [2.05, 4.69) is 24.4 Å². The maximum absolute atomic E-state index is 5.54. The largest absolute Gasteiger partial charge is 0.494 e. The average molecular weight is 259 g/mol. The molecule has 19 heavy (non-hydrogen) atoms. The van der Waals surface area contributed by atoms with Gasteiger partial charge in [-0.1, -0.05) is 12.1 Å². The number of ether oxygens (including phenoxy) is 1. The Hall–Kier alpha value is -1.74. The molecule has 3 nitrogen and oxygen atoms in total. The number of benzene rings is 1. The lowest BCUT2D eigenvalue weighted by molar-refractivity contribution is 0.340. The van der Waals surface area contributed by atoms with Gasteiger partial charge in [0, 0.05) is 6.04 Å². The van der Waals surface area contributed by atoms with E-state index < -0.39 is 0 Å². The van der Waals surface area contributed by atoms with Gasteiger partial charge in [-0.05, 0) is 50.6 Å². The monoisotopic (exact) mass is 259 g/mol. The lowest BCUT2D eigenvalue weighted by atomic mass is 10.1. The van der Waals surface area contributed by atoms with Crippen molar-refractivity contribution in [1.29, 1.82) is 0 Å². The predicted octanol–water partition coefficient (Wildman–Crippen LogP) is 3.84. The van der Waals surface area contributed by atoms with Crippen LogP contribution in [0.15, 0.2) is 40.8 Å². The van der Waals surface area contributed by atoms with E-state index in [-0.39, 0.29) is 6.04 Å². The minimum atomic E-state index is 0.279. The molecule has 0 unspecified atom stereocenters. The van der Waals surface area contributed by atoms with Crippen LogP contribution in [-0.2, 0) is 6.54 Å². The van der Waals surface area contributed by atoms with Crippen LogP contribution in [0.4, 0.5) is 0 Å². The van der Waals surface area contributed by atoms with Gasteiger partial charge in [-0.2, -0.15) is 0 Å². The average Bonchev–Trinajstić information content (AvgIpc) is 2.83. The zero-order valence-electron chi connectivity index (χ0n) is 11.8. The van der Waals surface area contributed by atoms with Crippen molar-refractivity contribution in [1.82, 2.24) is 5.32 Å². The van der Waals surface area contributed by atoms with Gasteiger partial charge in [-0.15, -0.1) is 0 Å². The summed E-state index contributed by atoms with van der Waals surface area (Å²) in [6.07, 6.45) is 0. The lowest BCUT2D eigenvalue weighted by Gasteiger charge is -2.14. The predicted molar refractivity (Wildman–Crippen MR) is 76.3 cm³/mol. The first-order valence-electron chi connectivity index (χ1n) is 6.70. The van der Waals surface area contributed by atoms with Crippen molar-refractivity contribution in [3.63, 3.8) is 0 Å². The van der Waals surface area contributed by atoms with Crippen molar-refractivity contribution in [3.05, 3.63) is 53.5 Å². The summed E-state index contributed by atoms with van der Waals surface area (Å²) in [5, 5.41) is 3.45. The Morgan fingerprint density at radius 2 is 1.89 bits per heavy atom. The van der Waals surface area contributed by atoms with Crippen LogP contribution in [0.1, 0.15) is 37.0 Å². The highest BCUT2D eigenvalue weighted by Gasteiger charge is 2.06. The van der Waals surface area contributed by atoms with E-state index in [1.54, 1.807) is 0 Å². The molecule has 0 aliphatic carbocycles. The third-order valence-electron chi connectivity index (χ3n) is 3.07. The summed E-state index contributed by atoms with van der Waals surface area (Å²) in [5.41, 5.74) is 1.24. The van der Waals surface area contributed by atoms with E-state index in [9.17, 15) is 0 Å². The molecule has 0 aliphatic heterocycles. The third-order valence-corrected chi connectivity index (χ3v) is 3.07. The molecule has 1 N–H and O–H groups in total. The highest BCUT2D eigenvalue weighted by atomic mass is 16.5. The Morgan fingerprint density at radius 3 is 2.47 bits per heavy atom. The first-order chi connectivity index (χ1) is 9.19. The third kappa shape index (κ3) is 3.86. The number of furan rings is 1. The molecule has 0 spiro atoms. The second-order valence-electron chi connectivity index (χ2n) is 4.62. The molecular formula is C16H21NO2. The molecule has 1 heterocycles. The molecule has 1 atom stereocenters. The quantitative estimate of drug-likeness (QED) is 0.856. The van der Waals surface area contributed by atoms with E-state index in [0.29, 0.717) is 6.61 Å². The fourth-order valence-corrected chi connectivity index (χ4v) is 1.97. The van der Waals surface area contributed by atoms with Gasteiger partial charge in [0.1, 0.15) is 17.3 Å². The van der Waals surface area contributed by atoms with Gasteiger partial charge in [0.15, 0.2) is 0 Å². The van der Waals surface area contributed by atoms with Crippen molar-refractivity contribution >= 4 is 0 Å². The summed E-state index contributed by atoms with van der Waals surface area (Å²) < 4.78 is 11.0. The van der Waals surface area contributed by atoms with Crippen LogP contribution in [0.25, 0.3) is 0 Å². The number of nitrogens with one attached hydrogen (secondary N) is 1. The Balaban J connectivity index is 1.90. The Labute approximate surface area is 114 Å². The van der Waals surface area contributed by atoms with Crippen LogP contribution in [0, 0.1) is 6.92 Å². The second kappa shape index (κ2) is 6.43. The molecule has 0 aliphatic rings. The van der Waals surface area contributed by atoms with Crippen LogP contribution in [0.3, 0.4) is 0 Å². The van der Waals surface area contributed by atoms with Crippen molar-refractivity contribution in [2.45, 2.75) is 33.4 Å². The topological polar surface area (TPSA) is 34.4 Å². The van der Waals surface area contributed by atoms with Crippen molar-refractivity contribution < 1.29 is 9.15 Å². The van der Waals surface area contributed by atoms with Gasteiger partial charge in [0.05, 0.1) is 13.2 Å². The van der Waals surface area contributed by atoms with E-state index in [1.807, 2.05) is 38.1 Å². The zero-order valence-corrected chi connectivity index (χ0v) is 11.8. The standard InChI is InChI=1S/C16H21NO2/c1-4-18-15-9-6-14(7-10-15)13(3)17-11-16-8-5-12(2)19-16/h5-10,13,17H,4,11H2,1-3H3/t13-/m1/s1. The molecule has 3 heteroatoms. The molecule has 102 valence electrons. The molecule has 2 rings (SSSR count). The van der Waals surface area contributed by atoms with Gasteiger partial charge in [-0.25, -0.2) is 0 Å². The van der Waals surface area contributed by atoms with Crippen LogP contribution < -0.4 is 10.1 Å². The summed E-state index contributed by atoms with van der Waals surface area (Å²) in [5.74, 6) is 2.83. The number of aryl methyl sites for hydroxylation is 1. The SMILES string of the molecule is CCOc1ccc([C@@H](C)NCc2ccc(C)o2)cc1. The molecule has 1 aromatic carbocycles. The Morgan fingerprint density at radius 1 is 1.16 bits per heavy atom. The van der Waals surface area contributed by atoms with Crippen LogP contribution in [-0.4, -0.2) is 6.61 Å². The molecule has 0 saturated carbocycles. The molecule has 0 radical (unpaired) electrons. The van der Waals surface area contributed by atoms with Crippen molar-refractivity contribution in [2.24, 2.45) is 0 Å². The van der Waals surface area contributed by atoms with Crippen molar-refractivity contribution in [2.75, 3.05) is 6.61 Å². The number of hydrogen-bond acceptors (Lipinski definition) is 3. The summed E-state index contributed by atoms with van der Waals surface area (Å²) >= 11 is 0. The summed E-state index contributed by atoms with van der Waals surface area (Å²) in [4.78, 5) is 0. The minimum Gasteiger partial charge on any atom is -0.494 e. The molecule has 2 aromatic rings. The summed E-state index contributed by atoms with van der Waals surface area (Å²) in [6, 6.07) is 12.5. The first-order valence-corrected chi connectivity index (χ1v) is 6.70. The van der Waals surface area contributed by atoms with Gasteiger partial charge >= 0.3 is 0 Å². The van der Waals surface area contributed by atoms with Gasteiger partial charge < -0.3 is 14.5 Å². The smallest absolute Gasteiger partial charge is 0.119 e. The minimum absolute atomic E-state index is 0.279. The van der Waals surface area contributed by atoms with Crippen LogP contribution in [0.2, 0.25) is 0 Å². The molecule has 0 saturated heterocycles. The van der Waals surface area contributed by atoms with Gasteiger partial charge in [-0.3, -0.25) is 0 Å². The maximum atomic E-state index is 5.54. The van der Waals surface area contributed by atoms with Gasteiger partial charge in [0.25, 0.3) is 0 Å². The maximum Gasteiger partial charge on any atom is 0.119 e. The fraction of sp³-hybridized carbons (Fsp3) is 0.375. The highest BCUT2D eigenvalue weighted by molar-refractivity contribution is 5.29. The normalized spacial score (nSPS) is 12.4. The fourth-order valence-electron chi connectivity index (χ4n) is 1.97. The molecule has 1 aromatic heterocycles. The van der Waals surface area contributed by atoms with Crippen LogP contribution in [0.5, 0.6) is 5.75 Å². The Kier molecular flexibility index (Phi) is 4.63. The summed E-state index contributed by atoms with van der Waals surface area (Å²) in [6.45, 7) is 7.53. The molecular weight excluding hydrogens is 238 g/mol. The van der Waals surface area contributed by atoms with Gasteiger partial charge in [0.2, 0.25) is 0 Å². The molecule has 0 bridgehead atoms. The van der Waals surface area contributed by atoms with E-state index in [0.717, 1.165) is 23.8 Å². The Bertz CT molecular complexity index is 502. The van der Waals surface area contributed by atoms with E-state index in [4.69, 9.17) is 9.15 Å². The highest BCUT2D eigenvalue weighted by Crippen LogP contribution is 2.18. The molecule has 0 amide bonds. The number of rotatable bonds is 6. The lowest BCUT2D eigenvalue weighted by Crippen LogP contribution is -2.17. The van der Waals surface area contributed by atoms with E-state index >= 15 is 0 Å².